The van der Waals surface area contributed by atoms with Crippen LogP contribution in [0.4, 0.5) is 0 Å². The fraction of sp³-hybridized carbons (Fsp3) is 0.533. The van der Waals surface area contributed by atoms with E-state index < -0.39 is 5.97 Å². The summed E-state index contributed by atoms with van der Waals surface area (Å²) in [6.07, 6.45) is 5.06. The van der Waals surface area contributed by atoms with Gasteiger partial charge in [0, 0.05) is 6.54 Å². The molecule has 0 saturated carbocycles. The monoisotopic (exact) mass is 265 g/mol. The van der Waals surface area contributed by atoms with Crippen molar-refractivity contribution in [2.45, 2.75) is 39.2 Å². The van der Waals surface area contributed by atoms with Crippen LogP contribution >= 0.6 is 0 Å². The van der Waals surface area contributed by atoms with Crippen LogP contribution in [0.1, 0.15) is 38.2 Å². The quantitative estimate of drug-likeness (QED) is 0.639. The molecule has 19 heavy (non-hydrogen) atoms. The summed E-state index contributed by atoms with van der Waals surface area (Å²) in [6, 6.07) is 7.51. The molecule has 0 aliphatic heterocycles. The van der Waals surface area contributed by atoms with E-state index in [1.54, 1.807) is 12.1 Å². The van der Waals surface area contributed by atoms with Gasteiger partial charge in [0.25, 0.3) is 0 Å². The number of nitrogens with one attached hydrogen (secondary N) is 1. The molecule has 0 amide bonds. The van der Waals surface area contributed by atoms with Crippen LogP contribution in [0.5, 0.6) is 5.75 Å². The van der Waals surface area contributed by atoms with Crippen LogP contribution in [0.2, 0.25) is 0 Å². The van der Waals surface area contributed by atoms with Crippen molar-refractivity contribution in [3.8, 4) is 5.75 Å². The van der Waals surface area contributed by atoms with E-state index in [0.717, 1.165) is 13.1 Å². The third-order valence-electron chi connectivity index (χ3n) is 2.82. The molecule has 0 aliphatic carbocycles. The SMILES string of the molecule is CCCCCCNCc1ccc(OCC(=O)O)cc1. The second-order valence-electron chi connectivity index (χ2n) is 4.56. The minimum absolute atomic E-state index is 0.297. The molecule has 0 saturated heterocycles. The predicted octanol–water partition coefficient (Wildman–Crippen LogP) is 2.82. The van der Waals surface area contributed by atoms with E-state index in [0.29, 0.717) is 5.75 Å². The molecule has 0 aromatic heterocycles. The molecule has 0 atom stereocenters. The van der Waals surface area contributed by atoms with Crippen LogP contribution < -0.4 is 10.1 Å². The lowest BCUT2D eigenvalue weighted by molar-refractivity contribution is -0.139. The standard InChI is InChI=1S/C15H23NO3/c1-2-3-4-5-10-16-11-13-6-8-14(9-7-13)19-12-15(17)18/h6-9,16H,2-5,10-12H2,1H3,(H,17,18). The molecule has 0 radical (unpaired) electrons. The maximum Gasteiger partial charge on any atom is 0.341 e. The Bertz CT molecular complexity index is 362. The van der Waals surface area contributed by atoms with E-state index in [-0.39, 0.29) is 6.61 Å². The topological polar surface area (TPSA) is 58.6 Å². The number of hydrogen-bond donors (Lipinski definition) is 2. The van der Waals surface area contributed by atoms with Gasteiger partial charge < -0.3 is 15.2 Å². The molecule has 0 aliphatic rings. The lowest BCUT2D eigenvalue weighted by atomic mass is 10.2. The number of hydrogen-bond acceptors (Lipinski definition) is 3. The van der Waals surface area contributed by atoms with Crippen molar-refractivity contribution in [1.82, 2.24) is 5.32 Å². The number of unbranched alkanes of at least 4 members (excludes halogenated alkanes) is 3. The van der Waals surface area contributed by atoms with Crippen molar-refractivity contribution in [2.75, 3.05) is 13.2 Å². The van der Waals surface area contributed by atoms with Crippen molar-refractivity contribution >= 4 is 5.97 Å². The van der Waals surface area contributed by atoms with Crippen LogP contribution in [0, 0.1) is 0 Å². The van der Waals surface area contributed by atoms with Crippen molar-refractivity contribution < 1.29 is 14.6 Å². The third-order valence-corrected chi connectivity index (χ3v) is 2.82. The van der Waals surface area contributed by atoms with Crippen LogP contribution in [0.15, 0.2) is 24.3 Å². The average molecular weight is 265 g/mol. The Morgan fingerprint density at radius 3 is 2.58 bits per heavy atom. The second-order valence-corrected chi connectivity index (χ2v) is 4.56. The number of carbonyl (C=O) groups is 1. The highest BCUT2D eigenvalue weighted by Gasteiger charge is 1.99. The molecule has 1 aromatic carbocycles. The Kier molecular flexibility index (Phi) is 7.66. The van der Waals surface area contributed by atoms with Gasteiger partial charge in [-0.05, 0) is 30.7 Å². The average Bonchev–Trinajstić information content (AvgIpc) is 2.41. The van der Waals surface area contributed by atoms with Gasteiger partial charge in [-0.3, -0.25) is 0 Å². The van der Waals surface area contributed by atoms with E-state index in [4.69, 9.17) is 9.84 Å². The smallest absolute Gasteiger partial charge is 0.341 e. The molecule has 4 nitrogen and oxygen atoms in total. The van der Waals surface area contributed by atoms with Gasteiger partial charge in [-0.15, -0.1) is 0 Å². The molecule has 1 aromatic rings. The van der Waals surface area contributed by atoms with Gasteiger partial charge in [0.15, 0.2) is 6.61 Å². The van der Waals surface area contributed by atoms with Crippen LogP contribution in [-0.2, 0) is 11.3 Å². The summed E-state index contributed by atoms with van der Waals surface area (Å²) in [5, 5.41) is 11.9. The summed E-state index contributed by atoms with van der Waals surface area (Å²) in [7, 11) is 0. The highest BCUT2D eigenvalue weighted by atomic mass is 16.5. The van der Waals surface area contributed by atoms with Crippen LogP contribution in [0.3, 0.4) is 0 Å². The first kappa shape index (κ1) is 15.5. The van der Waals surface area contributed by atoms with Crippen LogP contribution in [-0.4, -0.2) is 24.2 Å². The van der Waals surface area contributed by atoms with Gasteiger partial charge in [-0.25, -0.2) is 4.79 Å². The van der Waals surface area contributed by atoms with Gasteiger partial charge in [0.1, 0.15) is 5.75 Å². The lowest BCUT2D eigenvalue weighted by Gasteiger charge is -2.06. The molecule has 4 heteroatoms. The number of rotatable bonds is 10. The highest BCUT2D eigenvalue weighted by molar-refractivity contribution is 5.68. The first-order valence-electron chi connectivity index (χ1n) is 6.86. The van der Waals surface area contributed by atoms with E-state index >= 15 is 0 Å². The Morgan fingerprint density at radius 2 is 1.95 bits per heavy atom. The van der Waals surface area contributed by atoms with Gasteiger partial charge in [-0.2, -0.15) is 0 Å². The zero-order valence-electron chi connectivity index (χ0n) is 11.5. The summed E-state index contributed by atoms with van der Waals surface area (Å²) >= 11 is 0. The van der Waals surface area contributed by atoms with Gasteiger partial charge >= 0.3 is 5.97 Å². The fourth-order valence-corrected chi connectivity index (χ4v) is 1.76. The lowest BCUT2D eigenvalue weighted by Crippen LogP contribution is -2.14. The molecule has 2 N–H and O–H groups in total. The number of carboxylic acid groups (broad SMARTS) is 1. The maximum absolute atomic E-state index is 10.4. The molecule has 0 spiro atoms. The molecule has 0 unspecified atom stereocenters. The minimum Gasteiger partial charge on any atom is -0.482 e. The van der Waals surface area contributed by atoms with Crippen molar-refractivity contribution in [2.24, 2.45) is 0 Å². The number of ether oxygens (including phenoxy) is 1. The van der Waals surface area contributed by atoms with Crippen molar-refractivity contribution in [1.29, 1.82) is 0 Å². The normalized spacial score (nSPS) is 10.4. The Balaban J connectivity index is 2.19. The predicted molar refractivity (Wildman–Crippen MR) is 75.4 cm³/mol. The van der Waals surface area contributed by atoms with Crippen LogP contribution in [0.25, 0.3) is 0 Å². The van der Waals surface area contributed by atoms with Gasteiger partial charge in [0.05, 0.1) is 0 Å². The number of aliphatic carboxylic acids is 1. The summed E-state index contributed by atoms with van der Waals surface area (Å²) in [4.78, 5) is 10.4. The molecule has 1 rings (SSSR count). The zero-order valence-corrected chi connectivity index (χ0v) is 11.5. The third kappa shape index (κ3) is 7.47. The summed E-state index contributed by atoms with van der Waals surface area (Å²) in [5.41, 5.74) is 1.18. The number of carboxylic acids is 1. The molecular formula is C15H23NO3. The minimum atomic E-state index is -0.960. The summed E-state index contributed by atoms with van der Waals surface area (Å²) in [6.45, 7) is 3.79. The summed E-state index contributed by atoms with van der Waals surface area (Å²) in [5.74, 6) is -0.369. The van der Waals surface area contributed by atoms with Gasteiger partial charge in [0.2, 0.25) is 0 Å². The molecule has 0 heterocycles. The van der Waals surface area contributed by atoms with Crippen molar-refractivity contribution in [3.05, 3.63) is 29.8 Å². The fourth-order valence-electron chi connectivity index (χ4n) is 1.76. The molecule has 0 fully saturated rings. The molecule has 106 valence electrons. The highest BCUT2D eigenvalue weighted by Crippen LogP contribution is 2.12. The first-order chi connectivity index (χ1) is 9.22. The zero-order chi connectivity index (χ0) is 13.9. The largest absolute Gasteiger partial charge is 0.482 e. The van der Waals surface area contributed by atoms with Crippen molar-refractivity contribution in [3.63, 3.8) is 0 Å². The van der Waals surface area contributed by atoms with E-state index in [1.165, 1.54) is 31.2 Å². The first-order valence-corrected chi connectivity index (χ1v) is 6.86. The Labute approximate surface area is 114 Å². The number of benzene rings is 1. The molecular weight excluding hydrogens is 242 g/mol. The van der Waals surface area contributed by atoms with E-state index in [2.05, 4.69) is 12.2 Å². The summed E-state index contributed by atoms with van der Waals surface area (Å²) < 4.78 is 5.07. The Hall–Kier alpha value is -1.55. The molecule has 0 bridgehead atoms. The van der Waals surface area contributed by atoms with E-state index in [9.17, 15) is 4.79 Å². The second kappa shape index (κ2) is 9.39. The maximum atomic E-state index is 10.4. The van der Waals surface area contributed by atoms with E-state index in [1.807, 2.05) is 12.1 Å². The Morgan fingerprint density at radius 1 is 1.21 bits per heavy atom. The van der Waals surface area contributed by atoms with Gasteiger partial charge in [-0.1, -0.05) is 38.3 Å².